The van der Waals surface area contributed by atoms with Crippen molar-refractivity contribution in [2.24, 2.45) is 0 Å². The van der Waals surface area contributed by atoms with Crippen molar-refractivity contribution in [3.05, 3.63) is 27.9 Å². The zero-order valence-electron chi connectivity index (χ0n) is 10.2. The molecule has 6 nitrogen and oxygen atoms in total. The number of hydrogen-bond acceptors (Lipinski definition) is 5. The summed E-state index contributed by atoms with van der Waals surface area (Å²) in [5, 5.41) is 17.0. The molecule has 0 aliphatic carbocycles. The fraction of sp³-hybridized carbons (Fsp3) is 0.545. The number of hydrogen-bond donors (Lipinski definition) is 2. The van der Waals surface area contributed by atoms with Gasteiger partial charge in [-0.3, -0.25) is 10.1 Å². The van der Waals surface area contributed by atoms with Crippen molar-refractivity contribution in [2.75, 3.05) is 25.0 Å². The van der Waals surface area contributed by atoms with Gasteiger partial charge in [0.25, 0.3) is 0 Å². The van der Waals surface area contributed by atoms with Gasteiger partial charge in [-0.25, -0.2) is 4.98 Å². The topological polar surface area (TPSA) is 80.1 Å². The number of rotatable bonds is 7. The van der Waals surface area contributed by atoms with Crippen LogP contribution in [0.1, 0.15) is 19.0 Å². The van der Waals surface area contributed by atoms with Gasteiger partial charge >= 0.3 is 5.69 Å². The highest BCUT2D eigenvalue weighted by atomic mass is 16.6. The fourth-order valence-electron chi connectivity index (χ4n) is 1.40. The predicted molar refractivity (Wildman–Crippen MR) is 67.3 cm³/mol. The molecule has 0 aliphatic heterocycles. The standard InChI is InChI=1S/C11H18N4O2/c1-3-6-12-7-8-13-11-10(15(16)17)5-4-9(2)14-11/h4-5,12H,3,6-8H2,1-2H3,(H,13,14). The van der Waals surface area contributed by atoms with Gasteiger partial charge in [-0.05, 0) is 26.0 Å². The van der Waals surface area contributed by atoms with E-state index < -0.39 is 4.92 Å². The third kappa shape index (κ3) is 4.36. The van der Waals surface area contributed by atoms with Crippen molar-refractivity contribution >= 4 is 11.5 Å². The van der Waals surface area contributed by atoms with E-state index in [4.69, 9.17) is 0 Å². The van der Waals surface area contributed by atoms with Gasteiger partial charge in [0.15, 0.2) is 0 Å². The molecular weight excluding hydrogens is 220 g/mol. The molecule has 0 saturated carbocycles. The molecular formula is C11H18N4O2. The van der Waals surface area contributed by atoms with Crippen LogP contribution in [0.3, 0.4) is 0 Å². The molecule has 94 valence electrons. The average molecular weight is 238 g/mol. The highest BCUT2D eigenvalue weighted by molar-refractivity contribution is 5.55. The number of pyridine rings is 1. The van der Waals surface area contributed by atoms with Gasteiger partial charge in [-0.2, -0.15) is 0 Å². The first-order chi connectivity index (χ1) is 8.15. The largest absolute Gasteiger partial charge is 0.363 e. The molecule has 0 aromatic carbocycles. The molecule has 0 unspecified atom stereocenters. The molecule has 1 aromatic heterocycles. The zero-order chi connectivity index (χ0) is 12.7. The molecule has 17 heavy (non-hydrogen) atoms. The SMILES string of the molecule is CCCNCCNc1nc(C)ccc1[N+](=O)[O-]. The van der Waals surface area contributed by atoms with Gasteiger partial charge < -0.3 is 10.6 Å². The highest BCUT2D eigenvalue weighted by Gasteiger charge is 2.14. The van der Waals surface area contributed by atoms with Crippen LogP contribution in [-0.2, 0) is 0 Å². The normalized spacial score (nSPS) is 10.2. The van der Waals surface area contributed by atoms with E-state index in [2.05, 4.69) is 22.5 Å². The summed E-state index contributed by atoms with van der Waals surface area (Å²) < 4.78 is 0. The minimum Gasteiger partial charge on any atom is -0.363 e. The molecule has 0 atom stereocenters. The molecule has 0 aliphatic rings. The quantitative estimate of drug-likeness (QED) is 0.429. The van der Waals surface area contributed by atoms with Crippen LogP contribution in [0.4, 0.5) is 11.5 Å². The van der Waals surface area contributed by atoms with Gasteiger partial charge in [0.2, 0.25) is 5.82 Å². The van der Waals surface area contributed by atoms with Crippen LogP contribution < -0.4 is 10.6 Å². The molecule has 2 N–H and O–H groups in total. The van der Waals surface area contributed by atoms with Crippen LogP contribution in [-0.4, -0.2) is 29.5 Å². The molecule has 0 spiro atoms. The molecule has 1 rings (SSSR count). The van der Waals surface area contributed by atoms with E-state index in [-0.39, 0.29) is 5.69 Å². The van der Waals surface area contributed by atoms with Gasteiger partial charge in [-0.1, -0.05) is 6.92 Å². The Morgan fingerprint density at radius 2 is 2.12 bits per heavy atom. The fourth-order valence-corrected chi connectivity index (χ4v) is 1.40. The van der Waals surface area contributed by atoms with Gasteiger partial charge in [-0.15, -0.1) is 0 Å². The summed E-state index contributed by atoms with van der Waals surface area (Å²) >= 11 is 0. The van der Waals surface area contributed by atoms with Crippen molar-refractivity contribution < 1.29 is 4.92 Å². The van der Waals surface area contributed by atoms with Crippen molar-refractivity contribution in [3.8, 4) is 0 Å². The van der Waals surface area contributed by atoms with E-state index in [1.807, 2.05) is 6.92 Å². The number of aryl methyl sites for hydroxylation is 1. The van der Waals surface area contributed by atoms with Crippen molar-refractivity contribution in [3.63, 3.8) is 0 Å². The Hall–Kier alpha value is -1.69. The summed E-state index contributed by atoms with van der Waals surface area (Å²) in [5.74, 6) is 0.341. The van der Waals surface area contributed by atoms with Crippen LogP contribution in [0.5, 0.6) is 0 Å². The van der Waals surface area contributed by atoms with Crippen molar-refractivity contribution in [1.82, 2.24) is 10.3 Å². The summed E-state index contributed by atoms with van der Waals surface area (Å²) in [7, 11) is 0. The second kappa shape index (κ2) is 6.80. The zero-order valence-corrected chi connectivity index (χ0v) is 10.2. The first kappa shape index (κ1) is 13.4. The Bertz CT molecular complexity index is 382. The summed E-state index contributed by atoms with van der Waals surface area (Å²) in [4.78, 5) is 14.5. The number of aromatic nitrogens is 1. The van der Waals surface area contributed by atoms with Crippen molar-refractivity contribution in [1.29, 1.82) is 0 Å². The van der Waals surface area contributed by atoms with Crippen LogP contribution in [0, 0.1) is 17.0 Å². The highest BCUT2D eigenvalue weighted by Crippen LogP contribution is 2.21. The molecule has 0 bridgehead atoms. The lowest BCUT2D eigenvalue weighted by Gasteiger charge is -2.07. The lowest BCUT2D eigenvalue weighted by Crippen LogP contribution is -2.23. The summed E-state index contributed by atoms with van der Waals surface area (Å²) in [5.41, 5.74) is 0.783. The lowest BCUT2D eigenvalue weighted by atomic mass is 10.3. The second-order valence-corrected chi connectivity index (χ2v) is 3.75. The van der Waals surface area contributed by atoms with E-state index in [1.54, 1.807) is 6.07 Å². The minimum absolute atomic E-state index is 0.0195. The smallest absolute Gasteiger partial charge is 0.311 e. The van der Waals surface area contributed by atoms with Crippen LogP contribution in [0.15, 0.2) is 12.1 Å². The van der Waals surface area contributed by atoms with Crippen molar-refractivity contribution in [2.45, 2.75) is 20.3 Å². The van der Waals surface area contributed by atoms with E-state index in [9.17, 15) is 10.1 Å². The number of nitrogens with zero attached hydrogens (tertiary/aromatic N) is 2. The molecule has 6 heteroatoms. The maximum Gasteiger partial charge on any atom is 0.311 e. The molecule has 0 fully saturated rings. The Balaban J connectivity index is 2.56. The second-order valence-electron chi connectivity index (χ2n) is 3.75. The molecule has 0 radical (unpaired) electrons. The number of anilines is 1. The maximum absolute atomic E-state index is 10.8. The summed E-state index contributed by atoms with van der Waals surface area (Å²) in [6.45, 7) is 6.24. The van der Waals surface area contributed by atoms with E-state index in [0.29, 0.717) is 12.4 Å². The molecule has 1 heterocycles. The third-order valence-corrected chi connectivity index (χ3v) is 2.23. The minimum atomic E-state index is -0.422. The average Bonchev–Trinajstić information content (AvgIpc) is 2.28. The van der Waals surface area contributed by atoms with E-state index in [0.717, 1.165) is 25.2 Å². The molecule has 0 saturated heterocycles. The van der Waals surface area contributed by atoms with Crippen LogP contribution in [0.2, 0.25) is 0 Å². The Morgan fingerprint density at radius 3 is 2.76 bits per heavy atom. The van der Waals surface area contributed by atoms with Crippen LogP contribution >= 0.6 is 0 Å². The molecule has 0 amide bonds. The third-order valence-electron chi connectivity index (χ3n) is 2.23. The predicted octanol–water partition coefficient (Wildman–Crippen LogP) is 1.71. The van der Waals surface area contributed by atoms with Gasteiger partial charge in [0, 0.05) is 24.8 Å². The number of nitro groups is 1. The lowest BCUT2D eigenvalue weighted by molar-refractivity contribution is -0.384. The van der Waals surface area contributed by atoms with Gasteiger partial charge in [0.1, 0.15) is 0 Å². The Labute approximate surface area is 101 Å². The summed E-state index contributed by atoms with van der Waals surface area (Å²) in [6.07, 6.45) is 1.07. The van der Waals surface area contributed by atoms with E-state index in [1.165, 1.54) is 6.07 Å². The summed E-state index contributed by atoms with van der Waals surface area (Å²) in [6, 6.07) is 3.11. The first-order valence-corrected chi connectivity index (χ1v) is 5.71. The van der Waals surface area contributed by atoms with Crippen LogP contribution in [0.25, 0.3) is 0 Å². The monoisotopic (exact) mass is 238 g/mol. The Kier molecular flexibility index (Phi) is 5.35. The molecule has 1 aromatic rings. The maximum atomic E-state index is 10.8. The van der Waals surface area contributed by atoms with Gasteiger partial charge in [0.05, 0.1) is 4.92 Å². The number of nitrogens with one attached hydrogen (secondary N) is 2. The Morgan fingerprint density at radius 1 is 1.35 bits per heavy atom. The first-order valence-electron chi connectivity index (χ1n) is 5.71. The van der Waals surface area contributed by atoms with E-state index >= 15 is 0 Å².